The van der Waals surface area contributed by atoms with Crippen LogP contribution in [-0.2, 0) is 4.79 Å². The number of ketones is 1. The number of aromatic nitrogens is 1. The van der Waals surface area contributed by atoms with E-state index in [1.54, 1.807) is 38.6 Å². The van der Waals surface area contributed by atoms with Crippen LogP contribution < -0.4 is 0 Å². The van der Waals surface area contributed by atoms with E-state index in [1.807, 2.05) is 6.07 Å². The van der Waals surface area contributed by atoms with Gasteiger partial charge >= 0.3 is 0 Å². The van der Waals surface area contributed by atoms with Crippen LogP contribution in [-0.4, -0.2) is 10.8 Å². The molecule has 3 nitrogen and oxygen atoms in total. The minimum atomic E-state index is -0.522. The lowest BCUT2D eigenvalue weighted by Crippen LogP contribution is -2.21. The van der Waals surface area contributed by atoms with Crippen LogP contribution in [0.2, 0.25) is 0 Å². The summed E-state index contributed by atoms with van der Waals surface area (Å²) >= 11 is 1.40. The Morgan fingerprint density at radius 3 is 2.67 bits per heavy atom. The van der Waals surface area contributed by atoms with Gasteiger partial charge in [-0.2, -0.15) is 5.26 Å². The van der Waals surface area contributed by atoms with Gasteiger partial charge in [-0.3, -0.25) is 9.78 Å². The van der Waals surface area contributed by atoms with E-state index in [2.05, 4.69) is 4.98 Å². The van der Waals surface area contributed by atoms with Crippen molar-refractivity contribution in [3.05, 3.63) is 22.2 Å². The highest BCUT2D eigenvalue weighted by Crippen LogP contribution is 2.21. The van der Waals surface area contributed by atoms with E-state index in [4.69, 9.17) is 5.26 Å². The van der Waals surface area contributed by atoms with Crippen molar-refractivity contribution >= 4 is 23.2 Å². The zero-order valence-electron chi connectivity index (χ0n) is 8.94. The molecule has 0 spiro atoms. The molecule has 1 aromatic rings. The maximum absolute atomic E-state index is 11.8. The van der Waals surface area contributed by atoms with Crippen LogP contribution in [0.4, 0.5) is 0 Å². The fourth-order valence-electron chi connectivity index (χ4n) is 0.992. The minimum Gasteiger partial charge on any atom is -0.293 e. The third-order valence-corrected chi connectivity index (χ3v) is 2.51. The number of Topliss-reactive ketones (excluding diaryl/α,β-unsaturated/α-hetero) is 1. The highest BCUT2D eigenvalue weighted by molar-refractivity contribution is 7.10. The normalized spacial score (nSPS) is 12.3. The third kappa shape index (κ3) is 3.00. The molecule has 0 saturated heterocycles. The molecule has 0 amide bonds. The Labute approximate surface area is 93.1 Å². The summed E-state index contributed by atoms with van der Waals surface area (Å²) in [7, 11) is 0. The molecule has 1 aromatic heterocycles. The van der Waals surface area contributed by atoms with Gasteiger partial charge in [-0.15, -0.1) is 11.3 Å². The second-order valence-electron chi connectivity index (χ2n) is 4.15. The van der Waals surface area contributed by atoms with Crippen LogP contribution in [0.15, 0.2) is 17.3 Å². The molecule has 0 aliphatic rings. The molecule has 0 saturated carbocycles. The molecule has 78 valence electrons. The van der Waals surface area contributed by atoms with E-state index in [1.165, 1.54) is 11.3 Å². The van der Waals surface area contributed by atoms with Gasteiger partial charge < -0.3 is 0 Å². The number of carbonyl (C=O) groups excluding carboxylic acids is 1. The molecule has 15 heavy (non-hydrogen) atoms. The zero-order valence-corrected chi connectivity index (χ0v) is 9.76. The first-order valence-electron chi connectivity index (χ1n) is 4.50. The Morgan fingerprint density at radius 1 is 1.60 bits per heavy atom. The smallest absolute Gasteiger partial charge is 0.178 e. The predicted molar refractivity (Wildman–Crippen MR) is 60.2 cm³/mol. The number of hydrogen-bond acceptors (Lipinski definition) is 4. The van der Waals surface area contributed by atoms with Gasteiger partial charge in [0, 0.05) is 16.5 Å². The van der Waals surface area contributed by atoms with E-state index < -0.39 is 5.41 Å². The van der Waals surface area contributed by atoms with Crippen molar-refractivity contribution in [2.24, 2.45) is 5.41 Å². The number of nitriles is 1. The summed E-state index contributed by atoms with van der Waals surface area (Å²) < 4.78 is 0. The molecular formula is C11H12N2OS. The van der Waals surface area contributed by atoms with Gasteiger partial charge in [0.2, 0.25) is 0 Å². The van der Waals surface area contributed by atoms with Gasteiger partial charge in [0.15, 0.2) is 5.78 Å². The molecule has 0 aromatic carbocycles. The molecular weight excluding hydrogens is 208 g/mol. The quantitative estimate of drug-likeness (QED) is 0.568. The van der Waals surface area contributed by atoms with Crippen LogP contribution in [0, 0.1) is 16.7 Å². The SMILES string of the molecule is CC(C)(C)C(=O)/C(C#N)=C/c1cncs1. The summed E-state index contributed by atoms with van der Waals surface area (Å²) in [6.07, 6.45) is 3.23. The molecule has 0 N–H and O–H groups in total. The highest BCUT2D eigenvalue weighted by Gasteiger charge is 2.24. The summed E-state index contributed by atoms with van der Waals surface area (Å²) in [6, 6.07) is 1.94. The van der Waals surface area contributed by atoms with E-state index in [9.17, 15) is 4.79 Å². The Hall–Kier alpha value is -1.47. The number of carbonyl (C=O) groups is 1. The molecule has 0 fully saturated rings. The van der Waals surface area contributed by atoms with Gasteiger partial charge in [-0.1, -0.05) is 20.8 Å². The van der Waals surface area contributed by atoms with Crippen LogP contribution in [0.1, 0.15) is 25.6 Å². The van der Waals surface area contributed by atoms with Gasteiger partial charge in [-0.05, 0) is 6.08 Å². The highest BCUT2D eigenvalue weighted by atomic mass is 32.1. The molecule has 1 rings (SSSR count). The standard InChI is InChI=1S/C11H12N2OS/c1-11(2,3)10(14)8(5-12)4-9-6-13-7-15-9/h4,6-7H,1-3H3/b8-4+. The van der Waals surface area contributed by atoms with Crippen molar-refractivity contribution in [1.29, 1.82) is 5.26 Å². The first-order chi connectivity index (χ1) is 6.95. The molecule has 0 bridgehead atoms. The lowest BCUT2D eigenvalue weighted by atomic mass is 9.86. The fourth-order valence-corrected chi connectivity index (χ4v) is 1.54. The molecule has 0 aliphatic carbocycles. The topological polar surface area (TPSA) is 53.8 Å². The Kier molecular flexibility index (Phi) is 3.38. The van der Waals surface area contributed by atoms with E-state index in [0.29, 0.717) is 0 Å². The van der Waals surface area contributed by atoms with E-state index in [0.717, 1.165) is 4.88 Å². The predicted octanol–water partition coefficient (Wildman–Crippen LogP) is 2.67. The van der Waals surface area contributed by atoms with Gasteiger partial charge in [0.1, 0.15) is 6.07 Å². The van der Waals surface area contributed by atoms with Crippen LogP contribution in [0.3, 0.4) is 0 Å². The monoisotopic (exact) mass is 220 g/mol. The van der Waals surface area contributed by atoms with Gasteiger partial charge in [-0.25, -0.2) is 0 Å². The molecule has 0 unspecified atom stereocenters. The Balaban J connectivity index is 3.02. The summed E-state index contributed by atoms with van der Waals surface area (Å²) in [5.41, 5.74) is 1.33. The number of nitrogens with zero attached hydrogens (tertiary/aromatic N) is 2. The molecule has 0 aliphatic heterocycles. The van der Waals surface area contributed by atoms with Gasteiger partial charge in [0.25, 0.3) is 0 Å². The average molecular weight is 220 g/mol. The van der Waals surface area contributed by atoms with Crippen molar-refractivity contribution in [1.82, 2.24) is 4.98 Å². The van der Waals surface area contributed by atoms with Crippen molar-refractivity contribution in [2.75, 3.05) is 0 Å². The maximum atomic E-state index is 11.8. The molecule has 0 radical (unpaired) electrons. The summed E-state index contributed by atoms with van der Waals surface area (Å²) in [4.78, 5) is 16.5. The Morgan fingerprint density at radius 2 is 2.27 bits per heavy atom. The first-order valence-corrected chi connectivity index (χ1v) is 5.38. The number of thiazole rings is 1. The van der Waals surface area contributed by atoms with Crippen molar-refractivity contribution in [2.45, 2.75) is 20.8 Å². The van der Waals surface area contributed by atoms with E-state index in [-0.39, 0.29) is 11.4 Å². The summed E-state index contributed by atoms with van der Waals surface area (Å²) in [5, 5.41) is 8.90. The Bertz CT molecular complexity index is 418. The summed E-state index contributed by atoms with van der Waals surface area (Å²) in [5.74, 6) is -0.140. The van der Waals surface area contributed by atoms with Crippen LogP contribution >= 0.6 is 11.3 Å². The number of allylic oxidation sites excluding steroid dienone is 1. The molecule has 0 atom stereocenters. The maximum Gasteiger partial charge on any atom is 0.178 e. The van der Waals surface area contributed by atoms with Crippen molar-refractivity contribution < 1.29 is 4.79 Å². The van der Waals surface area contributed by atoms with Crippen LogP contribution in [0.25, 0.3) is 6.08 Å². The second kappa shape index (κ2) is 4.37. The first kappa shape index (κ1) is 11.6. The van der Waals surface area contributed by atoms with Crippen LogP contribution in [0.5, 0.6) is 0 Å². The zero-order chi connectivity index (χ0) is 11.5. The lowest BCUT2D eigenvalue weighted by molar-refractivity contribution is -0.121. The number of rotatable bonds is 2. The lowest BCUT2D eigenvalue weighted by Gasteiger charge is -2.15. The van der Waals surface area contributed by atoms with E-state index >= 15 is 0 Å². The minimum absolute atomic E-state index is 0.140. The third-order valence-electron chi connectivity index (χ3n) is 1.78. The average Bonchev–Trinajstić information content (AvgIpc) is 2.64. The molecule has 4 heteroatoms. The second-order valence-corrected chi connectivity index (χ2v) is 5.07. The molecule has 1 heterocycles. The summed E-state index contributed by atoms with van der Waals surface area (Å²) in [6.45, 7) is 5.40. The largest absolute Gasteiger partial charge is 0.293 e. The van der Waals surface area contributed by atoms with Gasteiger partial charge in [0.05, 0.1) is 11.1 Å². The number of hydrogen-bond donors (Lipinski definition) is 0. The van der Waals surface area contributed by atoms with Crippen molar-refractivity contribution in [3.63, 3.8) is 0 Å². The fraction of sp³-hybridized carbons (Fsp3) is 0.364. The van der Waals surface area contributed by atoms with Crippen molar-refractivity contribution in [3.8, 4) is 6.07 Å².